The largest absolute Gasteiger partial charge is 0.573 e. The van der Waals surface area contributed by atoms with Crippen LogP contribution in [0.3, 0.4) is 0 Å². The fourth-order valence-corrected chi connectivity index (χ4v) is 3.01. The molecule has 0 unspecified atom stereocenters. The SMILES string of the molecule is CCCc1cc(N2CCNCC2)c2cccc(OC(F)(F)F)c2n1. The molecule has 2 aromatic rings. The Morgan fingerprint density at radius 2 is 2.00 bits per heavy atom. The molecule has 1 aliphatic rings. The molecule has 1 aliphatic heterocycles. The van der Waals surface area contributed by atoms with Crippen LogP contribution >= 0.6 is 0 Å². The van der Waals surface area contributed by atoms with Crippen molar-refractivity contribution < 1.29 is 17.9 Å². The maximum atomic E-state index is 12.7. The second kappa shape index (κ2) is 6.84. The van der Waals surface area contributed by atoms with Crippen molar-refractivity contribution in [2.45, 2.75) is 26.1 Å². The van der Waals surface area contributed by atoms with Crippen LogP contribution in [-0.4, -0.2) is 37.5 Å². The average molecular weight is 339 g/mol. The van der Waals surface area contributed by atoms with Gasteiger partial charge in [0.2, 0.25) is 0 Å². The first-order valence-corrected chi connectivity index (χ1v) is 8.12. The Bertz CT molecular complexity index is 712. The van der Waals surface area contributed by atoms with Crippen LogP contribution in [0.4, 0.5) is 18.9 Å². The molecule has 4 nitrogen and oxygen atoms in total. The first-order valence-electron chi connectivity index (χ1n) is 8.12. The monoisotopic (exact) mass is 339 g/mol. The summed E-state index contributed by atoms with van der Waals surface area (Å²) in [7, 11) is 0. The van der Waals surface area contributed by atoms with E-state index in [-0.39, 0.29) is 11.3 Å². The number of aromatic nitrogens is 1. The molecule has 0 aliphatic carbocycles. The van der Waals surface area contributed by atoms with Crippen molar-refractivity contribution in [2.75, 3.05) is 31.1 Å². The topological polar surface area (TPSA) is 37.4 Å². The van der Waals surface area contributed by atoms with Crippen LogP contribution in [-0.2, 0) is 6.42 Å². The van der Waals surface area contributed by atoms with Gasteiger partial charge in [-0.3, -0.25) is 0 Å². The van der Waals surface area contributed by atoms with E-state index in [2.05, 4.69) is 19.9 Å². The summed E-state index contributed by atoms with van der Waals surface area (Å²) in [5.41, 5.74) is 1.99. The van der Waals surface area contributed by atoms with Gasteiger partial charge in [-0.1, -0.05) is 25.5 Å². The van der Waals surface area contributed by atoms with Crippen molar-refractivity contribution in [1.29, 1.82) is 0 Å². The smallest absolute Gasteiger partial charge is 0.403 e. The van der Waals surface area contributed by atoms with Crippen molar-refractivity contribution in [3.63, 3.8) is 0 Å². The lowest BCUT2D eigenvalue weighted by Crippen LogP contribution is -2.43. The molecule has 0 saturated carbocycles. The predicted octanol–water partition coefficient (Wildman–Crippen LogP) is 3.50. The minimum atomic E-state index is -4.73. The number of hydrogen-bond donors (Lipinski definition) is 1. The first-order chi connectivity index (χ1) is 11.5. The Morgan fingerprint density at radius 3 is 2.67 bits per heavy atom. The number of pyridine rings is 1. The van der Waals surface area contributed by atoms with Crippen molar-refractivity contribution >= 4 is 16.6 Å². The maximum Gasteiger partial charge on any atom is 0.573 e. The van der Waals surface area contributed by atoms with Gasteiger partial charge in [0.15, 0.2) is 5.75 Å². The number of nitrogens with zero attached hydrogens (tertiary/aromatic N) is 2. The van der Waals surface area contributed by atoms with Crippen molar-refractivity contribution in [2.24, 2.45) is 0 Å². The second-order valence-electron chi connectivity index (χ2n) is 5.82. The zero-order valence-electron chi connectivity index (χ0n) is 13.5. The van der Waals surface area contributed by atoms with Crippen LogP contribution < -0.4 is 15.0 Å². The van der Waals surface area contributed by atoms with E-state index in [0.29, 0.717) is 5.39 Å². The molecule has 24 heavy (non-hydrogen) atoms. The third kappa shape index (κ3) is 3.72. The highest BCUT2D eigenvalue weighted by Gasteiger charge is 2.32. The second-order valence-corrected chi connectivity index (χ2v) is 5.82. The zero-order chi connectivity index (χ0) is 17.2. The van der Waals surface area contributed by atoms with Gasteiger partial charge in [0, 0.05) is 42.9 Å². The normalized spacial score (nSPS) is 15.8. The Labute approximate surface area is 138 Å². The number of anilines is 1. The number of ether oxygens (including phenoxy) is 1. The first kappa shape index (κ1) is 16.8. The number of nitrogens with one attached hydrogen (secondary N) is 1. The number of rotatable bonds is 4. The summed E-state index contributed by atoms with van der Waals surface area (Å²) in [6.07, 6.45) is -3.14. The summed E-state index contributed by atoms with van der Waals surface area (Å²) in [6.45, 7) is 5.36. The molecule has 0 amide bonds. The zero-order valence-corrected chi connectivity index (χ0v) is 13.5. The van der Waals surface area contributed by atoms with Crippen LogP contribution in [0.25, 0.3) is 10.9 Å². The van der Waals surface area contributed by atoms with Crippen molar-refractivity contribution in [1.82, 2.24) is 10.3 Å². The third-order valence-electron chi connectivity index (χ3n) is 4.02. The highest BCUT2D eigenvalue weighted by atomic mass is 19.4. The van der Waals surface area contributed by atoms with Gasteiger partial charge in [-0.2, -0.15) is 0 Å². The molecule has 130 valence electrons. The number of para-hydroxylation sites is 1. The lowest BCUT2D eigenvalue weighted by molar-refractivity contribution is -0.274. The molecule has 3 rings (SSSR count). The van der Waals surface area contributed by atoms with E-state index in [9.17, 15) is 13.2 Å². The molecular weight excluding hydrogens is 319 g/mol. The van der Waals surface area contributed by atoms with Crippen LogP contribution in [0.1, 0.15) is 19.0 Å². The molecule has 1 fully saturated rings. The van der Waals surface area contributed by atoms with Gasteiger partial charge in [-0.05, 0) is 18.6 Å². The van der Waals surface area contributed by atoms with E-state index >= 15 is 0 Å². The molecule has 0 atom stereocenters. The van der Waals surface area contributed by atoms with E-state index in [1.807, 2.05) is 13.0 Å². The van der Waals surface area contributed by atoms with Gasteiger partial charge in [-0.15, -0.1) is 13.2 Å². The lowest BCUT2D eigenvalue weighted by Gasteiger charge is -2.31. The van der Waals surface area contributed by atoms with Gasteiger partial charge in [0.25, 0.3) is 0 Å². The summed E-state index contributed by atoms with van der Waals surface area (Å²) in [5, 5.41) is 3.98. The number of alkyl halides is 3. The highest BCUT2D eigenvalue weighted by molar-refractivity contribution is 5.95. The number of piperazine rings is 1. The van der Waals surface area contributed by atoms with Gasteiger partial charge in [-0.25, -0.2) is 4.98 Å². The van der Waals surface area contributed by atoms with Crippen LogP contribution in [0.2, 0.25) is 0 Å². The quantitative estimate of drug-likeness (QED) is 0.925. The Kier molecular flexibility index (Phi) is 4.80. The molecule has 0 bridgehead atoms. The van der Waals surface area contributed by atoms with E-state index in [0.717, 1.165) is 50.4 Å². The minimum absolute atomic E-state index is 0.241. The molecule has 7 heteroatoms. The Morgan fingerprint density at radius 1 is 1.25 bits per heavy atom. The van der Waals surface area contributed by atoms with Gasteiger partial charge in [0.1, 0.15) is 5.52 Å². The highest BCUT2D eigenvalue weighted by Crippen LogP contribution is 2.35. The van der Waals surface area contributed by atoms with Gasteiger partial charge < -0.3 is 15.0 Å². The Hall–Kier alpha value is -2.02. The summed E-state index contributed by atoms with van der Waals surface area (Å²) in [4.78, 5) is 6.63. The molecule has 0 spiro atoms. The van der Waals surface area contributed by atoms with Crippen molar-refractivity contribution in [3.8, 4) is 5.75 Å². The standard InChI is InChI=1S/C17H20F3N3O/c1-2-4-12-11-14(23-9-7-21-8-10-23)13-5-3-6-15(16(13)22-12)24-17(18,19)20/h3,5-6,11,21H,2,4,7-10H2,1H3. The van der Waals surface area contributed by atoms with Crippen LogP contribution in [0.15, 0.2) is 24.3 Å². The van der Waals surface area contributed by atoms with Crippen LogP contribution in [0, 0.1) is 0 Å². The number of fused-ring (bicyclic) bond motifs is 1. The number of hydrogen-bond acceptors (Lipinski definition) is 4. The Balaban J connectivity index is 2.13. The molecular formula is C17H20F3N3O. The summed E-state index contributed by atoms with van der Waals surface area (Å²) < 4.78 is 42.3. The van der Waals surface area contributed by atoms with Crippen molar-refractivity contribution in [3.05, 3.63) is 30.0 Å². The number of aryl methyl sites for hydroxylation is 1. The molecule has 0 radical (unpaired) electrons. The molecule has 1 aromatic heterocycles. The van der Waals surface area contributed by atoms with E-state index in [1.165, 1.54) is 6.07 Å². The van der Waals surface area contributed by atoms with Crippen LogP contribution in [0.5, 0.6) is 5.75 Å². The number of benzene rings is 1. The molecule has 1 saturated heterocycles. The third-order valence-corrected chi connectivity index (χ3v) is 4.02. The average Bonchev–Trinajstić information content (AvgIpc) is 2.54. The fourth-order valence-electron chi connectivity index (χ4n) is 3.01. The van der Waals surface area contributed by atoms with Gasteiger partial charge >= 0.3 is 6.36 Å². The summed E-state index contributed by atoms with van der Waals surface area (Å²) >= 11 is 0. The summed E-state index contributed by atoms with van der Waals surface area (Å²) in [5.74, 6) is -0.241. The van der Waals surface area contributed by atoms with E-state index in [1.54, 1.807) is 12.1 Å². The lowest BCUT2D eigenvalue weighted by atomic mass is 10.1. The molecule has 2 heterocycles. The minimum Gasteiger partial charge on any atom is -0.403 e. The van der Waals surface area contributed by atoms with E-state index < -0.39 is 6.36 Å². The number of halogens is 3. The maximum absolute atomic E-state index is 12.7. The summed E-state index contributed by atoms with van der Waals surface area (Å²) in [6, 6.07) is 6.70. The molecule has 1 aromatic carbocycles. The van der Waals surface area contributed by atoms with Gasteiger partial charge in [0.05, 0.1) is 0 Å². The predicted molar refractivity (Wildman–Crippen MR) is 87.5 cm³/mol. The van der Waals surface area contributed by atoms with E-state index in [4.69, 9.17) is 0 Å². The fraction of sp³-hybridized carbons (Fsp3) is 0.471. The molecule has 1 N–H and O–H groups in total.